The van der Waals surface area contributed by atoms with E-state index < -0.39 is 0 Å². The molecule has 2 N–H and O–H groups in total. The summed E-state index contributed by atoms with van der Waals surface area (Å²) in [5.74, 6) is 0. The zero-order valence-electron chi connectivity index (χ0n) is 4.15. The number of hydrogen-bond donors (Lipinski definition) is 2. The maximum Gasteiger partial charge on any atom is 0.0789 e. The second kappa shape index (κ2) is 1.69. The Labute approximate surface area is 42.9 Å². The molecule has 1 radical (unpaired) electrons. The molecule has 0 aromatic rings. The molecular formula is C5H7N2. The molecule has 2 nitrogen and oxygen atoms in total. The first kappa shape index (κ1) is 4.24. The van der Waals surface area contributed by atoms with Crippen LogP contribution in [0.25, 0.3) is 0 Å². The Hall–Kier alpha value is -0.920. The number of hydrazine groups is 1. The largest absolute Gasteiger partial charge is 0.305 e. The molecule has 0 aromatic carbocycles. The molecule has 0 aromatic heterocycles. The van der Waals surface area contributed by atoms with Crippen LogP contribution in [0.15, 0.2) is 17.8 Å². The summed E-state index contributed by atoms with van der Waals surface area (Å²) in [5.41, 5.74) is 6.67. The van der Waals surface area contributed by atoms with Crippen LogP contribution in [-0.4, -0.2) is 0 Å². The van der Waals surface area contributed by atoms with Crippen molar-refractivity contribution in [2.45, 2.75) is 6.92 Å². The second-order valence-corrected chi connectivity index (χ2v) is 1.41. The molecule has 1 aliphatic rings. The fourth-order valence-electron chi connectivity index (χ4n) is 0.385. The number of allylic oxidation sites excluding steroid dienone is 3. The fourth-order valence-corrected chi connectivity index (χ4v) is 0.385. The summed E-state index contributed by atoms with van der Waals surface area (Å²) in [4.78, 5) is 0. The van der Waals surface area contributed by atoms with E-state index >= 15 is 0 Å². The van der Waals surface area contributed by atoms with E-state index in [1.807, 2.05) is 19.1 Å². The van der Waals surface area contributed by atoms with Crippen LogP contribution in [0.3, 0.4) is 0 Å². The van der Waals surface area contributed by atoms with Gasteiger partial charge < -0.3 is 5.43 Å². The average Bonchev–Trinajstić information content (AvgIpc) is 1.69. The van der Waals surface area contributed by atoms with Gasteiger partial charge in [0.15, 0.2) is 0 Å². The zero-order chi connectivity index (χ0) is 5.11. The minimum Gasteiger partial charge on any atom is -0.305 e. The van der Waals surface area contributed by atoms with Crippen LogP contribution in [0.1, 0.15) is 6.92 Å². The molecule has 0 unspecified atom stereocenters. The maximum absolute atomic E-state index is 2.85. The Morgan fingerprint density at radius 3 is 2.86 bits per heavy atom. The highest BCUT2D eigenvalue weighted by Crippen LogP contribution is 1.87. The van der Waals surface area contributed by atoms with Crippen molar-refractivity contribution in [2.24, 2.45) is 0 Å². The summed E-state index contributed by atoms with van der Waals surface area (Å²) >= 11 is 0. The van der Waals surface area contributed by atoms with Crippen LogP contribution < -0.4 is 10.9 Å². The zero-order valence-corrected chi connectivity index (χ0v) is 4.15. The lowest BCUT2D eigenvalue weighted by Gasteiger charge is -2.06. The second-order valence-electron chi connectivity index (χ2n) is 1.41. The molecule has 2 heteroatoms. The third-order valence-electron chi connectivity index (χ3n) is 0.749. The Bertz CT molecular complexity index is 113. The third-order valence-corrected chi connectivity index (χ3v) is 0.749. The third kappa shape index (κ3) is 0.961. The standard InChI is InChI=1S/C5H7N2/c1-5-3-2-4-6-7-5/h2-3,6-7H,1H3. The van der Waals surface area contributed by atoms with Gasteiger partial charge in [0.2, 0.25) is 0 Å². The summed E-state index contributed by atoms with van der Waals surface area (Å²) in [6.45, 7) is 1.98. The van der Waals surface area contributed by atoms with Crippen molar-refractivity contribution in [3.63, 3.8) is 0 Å². The van der Waals surface area contributed by atoms with E-state index in [-0.39, 0.29) is 0 Å². The van der Waals surface area contributed by atoms with E-state index in [0.29, 0.717) is 0 Å². The van der Waals surface area contributed by atoms with Crippen molar-refractivity contribution in [2.75, 3.05) is 0 Å². The van der Waals surface area contributed by atoms with Crippen LogP contribution in [0, 0.1) is 6.20 Å². The Kier molecular flexibility index (Phi) is 1.02. The van der Waals surface area contributed by atoms with Crippen LogP contribution in [-0.2, 0) is 0 Å². The van der Waals surface area contributed by atoms with Crippen molar-refractivity contribution in [1.82, 2.24) is 10.9 Å². The first-order chi connectivity index (χ1) is 3.39. The highest BCUT2D eigenvalue weighted by molar-refractivity contribution is 5.08. The van der Waals surface area contributed by atoms with Gasteiger partial charge in [0.1, 0.15) is 0 Å². The van der Waals surface area contributed by atoms with E-state index in [0.717, 1.165) is 5.70 Å². The normalized spacial score (nSPS) is 17.0. The van der Waals surface area contributed by atoms with Crippen molar-refractivity contribution in [3.05, 3.63) is 24.0 Å². The van der Waals surface area contributed by atoms with Gasteiger partial charge >= 0.3 is 0 Å². The predicted molar refractivity (Wildman–Crippen MR) is 27.8 cm³/mol. The lowest BCUT2D eigenvalue weighted by atomic mass is 10.4. The van der Waals surface area contributed by atoms with Gasteiger partial charge in [0.05, 0.1) is 6.20 Å². The van der Waals surface area contributed by atoms with Crippen LogP contribution in [0.2, 0.25) is 0 Å². The summed E-state index contributed by atoms with van der Waals surface area (Å²) in [6.07, 6.45) is 6.52. The monoisotopic (exact) mass is 95.1 g/mol. The molecule has 1 heterocycles. The molecule has 0 aliphatic carbocycles. The van der Waals surface area contributed by atoms with Crippen molar-refractivity contribution >= 4 is 0 Å². The number of nitrogens with one attached hydrogen (secondary N) is 2. The summed E-state index contributed by atoms with van der Waals surface area (Å²) in [5, 5.41) is 0. The highest BCUT2D eigenvalue weighted by atomic mass is 15.3. The molecule has 7 heavy (non-hydrogen) atoms. The molecule has 37 valence electrons. The molecule has 0 atom stereocenters. The first-order valence-electron chi connectivity index (χ1n) is 2.16. The Morgan fingerprint density at radius 2 is 2.57 bits per heavy atom. The van der Waals surface area contributed by atoms with E-state index in [2.05, 4.69) is 17.1 Å². The van der Waals surface area contributed by atoms with Gasteiger partial charge in [-0.3, -0.25) is 5.43 Å². The highest BCUT2D eigenvalue weighted by Gasteiger charge is 1.84. The molecule has 0 saturated carbocycles. The molecule has 1 aliphatic heterocycles. The van der Waals surface area contributed by atoms with E-state index in [1.54, 1.807) is 0 Å². The van der Waals surface area contributed by atoms with Crippen molar-refractivity contribution in [3.8, 4) is 0 Å². The number of hydrogen-bond acceptors (Lipinski definition) is 2. The molecule has 1 rings (SSSR count). The van der Waals surface area contributed by atoms with E-state index in [1.165, 1.54) is 0 Å². The average molecular weight is 95.1 g/mol. The summed E-state index contributed by atoms with van der Waals surface area (Å²) in [6, 6.07) is 0. The first-order valence-corrected chi connectivity index (χ1v) is 2.16. The van der Waals surface area contributed by atoms with Crippen molar-refractivity contribution in [1.29, 1.82) is 0 Å². The molecule has 0 bridgehead atoms. The van der Waals surface area contributed by atoms with Gasteiger partial charge in [-0.1, -0.05) is 0 Å². The topological polar surface area (TPSA) is 24.1 Å². The van der Waals surface area contributed by atoms with Gasteiger partial charge in [0, 0.05) is 5.70 Å². The van der Waals surface area contributed by atoms with Gasteiger partial charge in [-0.05, 0) is 19.1 Å². The minimum atomic E-state index is 1.11. The smallest absolute Gasteiger partial charge is 0.0789 e. The molecule has 0 saturated heterocycles. The lowest BCUT2D eigenvalue weighted by Crippen LogP contribution is -2.26. The Morgan fingerprint density at radius 1 is 1.71 bits per heavy atom. The summed E-state index contributed by atoms with van der Waals surface area (Å²) in [7, 11) is 0. The SMILES string of the molecule is CC1=CC=[C]NN1. The molecule has 0 amide bonds. The maximum atomic E-state index is 2.85. The van der Waals surface area contributed by atoms with E-state index in [9.17, 15) is 0 Å². The van der Waals surface area contributed by atoms with Gasteiger partial charge in [-0.25, -0.2) is 0 Å². The van der Waals surface area contributed by atoms with Gasteiger partial charge in [-0.15, -0.1) is 0 Å². The molecule has 0 spiro atoms. The molecule has 0 fully saturated rings. The van der Waals surface area contributed by atoms with Crippen LogP contribution in [0.4, 0.5) is 0 Å². The van der Waals surface area contributed by atoms with Gasteiger partial charge in [-0.2, -0.15) is 0 Å². The molecular weight excluding hydrogens is 88.1 g/mol. The van der Waals surface area contributed by atoms with E-state index in [4.69, 9.17) is 0 Å². The van der Waals surface area contributed by atoms with Crippen LogP contribution >= 0.6 is 0 Å². The van der Waals surface area contributed by atoms with Crippen LogP contribution in [0.5, 0.6) is 0 Å². The van der Waals surface area contributed by atoms with Crippen molar-refractivity contribution < 1.29 is 0 Å². The van der Waals surface area contributed by atoms with Gasteiger partial charge in [0.25, 0.3) is 0 Å². The lowest BCUT2D eigenvalue weighted by molar-refractivity contribution is 0.701. The minimum absolute atomic E-state index is 1.11. The predicted octanol–water partition coefficient (Wildman–Crippen LogP) is 0.315. The number of rotatable bonds is 0. The summed E-state index contributed by atoms with van der Waals surface area (Å²) < 4.78 is 0. The quantitative estimate of drug-likeness (QED) is 0.452. The fraction of sp³-hybridized carbons (Fsp3) is 0.200. The Balaban J connectivity index is 2.57.